The van der Waals surface area contributed by atoms with Crippen LogP contribution in [0.1, 0.15) is 51.5 Å². The van der Waals surface area contributed by atoms with Crippen molar-refractivity contribution in [2.24, 2.45) is 11.8 Å². The first-order valence-corrected chi connectivity index (χ1v) is 9.11. The molecule has 0 heterocycles. The third-order valence-corrected chi connectivity index (χ3v) is 5.31. The Bertz CT molecular complexity index is 633. The molecular weight excluding hydrogens is 276 g/mol. The fourth-order valence-corrected chi connectivity index (χ4v) is 3.61. The molecule has 0 saturated carbocycles. The molecule has 2 atom stereocenters. The fraction of sp³-hybridized carbons (Fsp3) is 0.391. The molecule has 0 fully saturated rings. The molecule has 0 saturated heterocycles. The van der Waals surface area contributed by atoms with Gasteiger partial charge in [0.2, 0.25) is 0 Å². The third-order valence-electron chi connectivity index (χ3n) is 5.31. The Labute approximate surface area is 141 Å². The van der Waals surface area contributed by atoms with E-state index in [1.807, 2.05) is 0 Å². The molecule has 0 N–H and O–H groups in total. The molecule has 1 aliphatic carbocycles. The summed E-state index contributed by atoms with van der Waals surface area (Å²) in [7, 11) is 0. The molecule has 120 valence electrons. The first-order valence-electron chi connectivity index (χ1n) is 9.11. The summed E-state index contributed by atoms with van der Waals surface area (Å²) in [6.07, 6.45) is 9.07. The van der Waals surface area contributed by atoms with Crippen molar-refractivity contribution in [1.29, 1.82) is 0 Å². The van der Waals surface area contributed by atoms with E-state index in [9.17, 15) is 0 Å². The third kappa shape index (κ3) is 4.13. The lowest BCUT2D eigenvalue weighted by atomic mass is 9.81. The smallest absolute Gasteiger partial charge is 0.0184 e. The molecule has 3 rings (SSSR count). The average Bonchev–Trinajstić information content (AvgIpc) is 2.63. The van der Waals surface area contributed by atoms with Crippen LogP contribution >= 0.6 is 0 Å². The Morgan fingerprint density at radius 2 is 1.57 bits per heavy atom. The van der Waals surface area contributed by atoms with E-state index in [0.717, 1.165) is 11.8 Å². The first-order chi connectivity index (χ1) is 11.3. The maximum atomic E-state index is 2.49. The Kier molecular flexibility index (Phi) is 5.33. The fourth-order valence-electron chi connectivity index (χ4n) is 3.61. The zero-order valence-corrected chi connectivity index (χ0v) is 14.5. The second-order valence-electron chi connectivity index (χ2n) is 7.06. The second-order valence-corrected chi connectivity index (χ2v) is 7.06. The van der Waals surface area contributed by atoms with Crippen molar-refractivity contribution in [2.75, 3.05) is 0 Å². The molecule has 0 aliphatic heterocycles. The van der Waals surface area contributed by atoms with Crippen LogP contribution in [0.25, 0.3) is 16.7 Å². The van der Waals surface area contributed by atoms with E-state index in [1.54, 1.807) is 5.57 Å². The Morgan fingerprint density at radius 1 is 0.913 bits per heavy atom. The SMILES string of the molecule is CCC(C)CC1CC=C(c2ccc(-c3ccccc3)cc2)CC1. The summed E-state index contributed by atoms with van der Waals surface area (Å²) in [5.41, 5.74) is 5.56. The first kappa shape index (κ1) is 16.1. The van der Waals surface area contributed by atoms with E-state index >= 15 is 0 Å². The van der Waals surface area contributed by atoms with Gasteiger partial charge >= 0.3 is 0 Å². The number of hydrogen-bond acceptors (Lipinski definition) is 0. The normalized spacial score (nSPS) is 19.2. The maximum Gasteiger partial charge on any atom is -0.0184 e. The highest BCUT2D eigenvalue weighted by molar-refractivity contribution is 5.70. The molecule has 2 aromatic rings. The highest BCUT2D eigenvalue weighted by Gasteiger charge is 2.17. The van der Waals surface area contributed by atoms with Gasteiger partial charge in [0.1, 0.15) is 0 Å². The van der Waals surface area contributed by atoms with Gasteiger partial charge in [0.15, 0.2) is 0 Å². The van der Waals surface area contributed by atoms with Gasteiger partial charge in [0, 0.05) is 0 Å². The zero-order chi connectivity index (χ0) is 16.1. The second kappa shape index (κ2) is 7.64. The van der Waals surface area contributed by atoms with Gasteiger partial charge in [-0.3, -0.25) is 0 Å². The summed E-state index contributed by atoms with van der Waals surface area (Å²) >= 11 is 0. The van der Waals surface area contributed by atoms with Gasteiger partial charge in [0.25, 0.3) is 0 Å². The molecule has 0 spiro atoms. The van der Waals surface area contributed by atoms with Crippen LogP contribution in [-0.4, -0.2) is 0 Å². The largest absolute Gasteiger partial charge is 0.0804 e. The van der Waals surface area contributed by atoms with Gasteiger partial charge < -0.3 is 0 Å². The van der Waals surface area contributed by atoms with E-state index in [4.69, 9.17) is 0 Å². The molecule has 2 unspecified atom stereocenters. The Hall–Kier alpha value is -1.82. The number of hydrogen-bond donors (Lipinski definition) is 0. The molecule has 0 radical (unpaired) electrons. The predicted molar refractivity (Wildman–Crippen MR) is 101 cm³/mol. The van der Waals surface area contributed by atoms with Crippen LogP contribution in [0.5, 0.6) is 0 Å². The van der Waals surface area contributed by atoms with Crippen LogP contribution in [0.15, 0.2) is 60.7 Å². The highest BCUT2D eigenvalue weighted by Crippen LogP contribution is 2.34. The molecule has 0 nitrogen and oxygen atoms in total. The maximum absolute atomic E-state index is 2.49. The van der Waals surface area contributed by atoms with Crippen molar-refractivity contribution in [2.45, 2.75) is 46.0 Å². The minimum absolute atomic E-state index is 0.875. The predicted octanol–water partition coefficient (Wildman–Crippen LogP) is 6.97. The monoisotopic (exact) mass is 304 g/mol. The van der Waals surface area contributed by atoms with Crippen LogP contribution in [-0.2, 0) is 0 Å². The summed E-state index contributed by atoms with van der Waals surface area (Å²) in [6.45, 7) is 4.70. The Morgan fingerprint density at radius 3 is 2.17 bits per heavy atom. The molecule has 0 heteroatoms. The summed E-state index contributed by atoms with van der Waals surface area (Å²) in [4.78, 5) is 0. The molecule has 1 aliphatic rings. The van der Waals surface area contributed by atoms with Gasteiger partial charge in [-0.05, 0) is 59.8 Å². The average molecular weight is 304 g/mol. The molecule has 0 aromatic heterocycles. The Balaban J connectivity index is 1.66. The van der Waals surface area contributed by atoms with Gasteiger partial charge in [0.05, 0.1) is 0 Å². The lowest BCUT2D eigenvalue weighted by molar-refractivity contribution is 0.362. The van der Waals surface area contributed by atoms with Crippen LogP contribution in [0, 0.1) is 11.8 Å². The van der Waals surface area contributed by atoms with E-state index in [1.165, 1.54) is 48.8 Å². The molecular formula is C23H28. The summed E-state index contributed by atoms with van der Waals surface area (Å²) in [5.74, 6) is 1.78. The number of allylic oxidation sites excluding steroid dienone is 2. The van der Waals surface area contributed by atoms with Gasteiger partial charge in [-0.25, -0.2) is 0 Å². The molecule has 23 heavy (non-hydrogen) atoms. The number of rotatable bonds is 5. The van der Waals surface area contributed by atoms with Crippen molar-refractivity contribution in [3.05, 3.63) is 66.2 Å². The zero-order valence-electron chi connectivity index (χ0n) is 14.5. The lowest BCUT2D eigenvalue weighted by Crippen LogP contribution is -2.09. The van der Waals surface area contributed by atoms with Crippen molar-refractivity contribution in [3.8, 4) is 11.1 Å². The lowest BCUT2D eigenvalue weighted by Gasteiger charge is -2.24. The highest BCUT2D eigenvalue weighted by atomic mass is 14.2. The minimum Gasteiger partial charge on any atom is -0.0804 e. The van der Waals surface area contributed by atoms with E-state index < -0.39 is 0 Å². The standard InChI is InChI=1S/C23H28/c1-3-18(2)17-19-9-11-21(12-10-19)23-15-13-22(14-16-23)20-7-5-4-6-8-20/h4-8,11,13-16,18-19H,3,9-10,12,17H2,1-2H3. The van der Waals surface area contributed by atoms with Gasteiger partial charge in [-0.15, -0.1) is 0 Å². The van der Waals surface area contributed by atoms with Crippen LogP contribution in [0.4, 0.5) is 0 Å². The summed E-state index contributed by atoms with van der Waals surface area (Å²) in [5, 5.41) is 0. The van der Waals surface area contributed by atoms with Crippen LogP contribution < -0.4 is 0 Å². The van der Waals surface area contributed by atoms with E-state index in [2.05, 4.69) is 74.5 Å². The van der Waals surface area contributed by atoms with Crippen molar-refractivity contribution >= 4 is 5.57 Å². The number of benzene rings is 2. The van der Waals surface area contributed by atoms with Crippen LogP contribution in [0.2, 0.25) is 0 Å². The van der Waals surface area contributed by atoms with E-state index in [-0.39, 0.29) is 0 Å². The quantitative estimate of drug-likeness (QED) is 0.559. The molecule has 0 bridgehead atoms. The topological polar surface area (TPSA) is 0 Å². The van der Waals surface area contributed by atoms with Crippen molar-refractivity contribution in [3.63, 3.8) is 0 Å². The molecule has 2 aromatic carbocycles. The summed E-state index contributed by atoms with van der Waals surface area (Å²) in [6, 6.07) is 19.7. The summed E-state index contributed by atoms with van der Waals surface area (Å²) < 4.78 is 0. The van der Waals surface area contributed by atoms with Gasteiger partial charge in [-0.1, -0.05) is 80.9 Å². The van der Waals surface area contributed by atoms with Crippen LogP contribution in [0.3, 0.4) is 0 Å². The van der Waals surface area contributed by atoms with Gasteiger partial charge in [-0.2, -0.15) is 0 Å². The molecule has 0 amide bonds. The van der Waals surface area contributed by atoms with E-state index in [0.29, 0.717) is 0 Å². The van der Waals surface area contributed by atoms with Crippen molar-refractivity contribution < 1.29 is 0 Å². The minimum atomic E-state index is 0.875. The van der Waals surface area contributed by atoms with Crippen molar-refractivity contribution in [1.82, 2.24) is 0 Å².